The number of thiophene rings is 1. The molecule has 1 aliphatic rings. The van der Waals surface area contributed by atoms with E-state index in [0.29, 0.717) is 25.1 Å². The van der Waals surface area contributed by atoms with Gasteiger partial charge in [0.1, 0.15) is 6.04 Å². The number of amides is 2. The fourth-order valence-corrected chi connectivity index (χ4v) is 6.85. The summed E-state index contributed by atoms with van der Waals surface area (Å²) in [6, 6.07) is 26.4. The molecule has 5 rings (SSSR count). The quantitative estimate of drug-likeness (QED) is 0.0987. The van der Waals surface area contributed by atoms with Crippen LogP contribution < -0.4 is 0 Å². The van der Waals surface area contributed by atoms with Gasteiger partial charge in [-0.3, -0.25) is 14.5 Å². The van der Waals surface area contributed by atoms with E-state index in [1.54, 1.807) is 16.2 Å². The molecule has 1 atom stereocenters. The molecule has 0 radical (unpaired) electrons. The highest BCUT2D eigenvalue weighted by Gasteiger charge is 2.34. The summed E-state index contributed by atoms with van der Waals surface area (Å²) in [6.45, 7) is 5.79. The van der Waals surface area contributed by atoms with Crippen LogP contribution in [0.4, 0.5) is 13.2 Å². The van der Waals surface area contributed by atoms with Crippen molar-refractivity contribution in [1.29, 1.82) is 0 Å². The first-order chi connectivity index (χ1) is 23.7. The van der Waals surface area contributed by atoms with Crippen LogP contribution in [0.3, 0.4) is 0 Å². The van der Waals surface area contributed by atoms with Crippen molar-refractivity contribution in [3.05, 3.63) is 135 Å². The van der Waals surface area contributed by atoms with E-state index >= 15 is 0 Å². The van der Waals surface area contributed by atoms with Gasteiger partial charge in [0.2, 0.25) is 11.8 Å². The molecule has 1 fully saturated rings. The second-order valence-electron chi connectivity index (χ2n) is 12.6. The van der Waals surface area contributed by atoms with Gasteiger partial charge in [0.25, 0.3) is 0 Å². The van der Waals surface area contributed by atoms with Crippen molar-refractivity contribution >= 4 is 29.2 Å². The molecule has 1 saturated heterocycles. The van der Waals surface area contributed by atoms with Crippen molar-refractivity contribution in [2.24, 2.45) is 0 Å². The zero-order chi connectivity index (χ0) is 34.6. The number of halogens is 3. The van der Waals surface area contributed by atoms with Gasteiger partial charge in [-0.1, -0.05) is 92.6 Å². The highest BCUT2D eigenvalue weighted by Crippen LogP contribution is 2.29. The van der Waals surface area contributed by atoms with Crippen molar-refractivity contribution in [2.45, 2.75) is 64.3 Å². The van der Waals surface area contributed by atoms with Gasteiger partial charge in [0.15, 0.2) is 0 Å². The zero-order valence-electron chi connectivity index (χ0n) is 27.9. The summed E-state index contributed by atoms with van der Waals surface area (Å²) in [5.74, 6) is -0.468. The number of hydrogen-bond donors (Lipinski definition) is 0. The van der Waals surface area contributed by atoms with E-state index in [9.17, 15) is 22.8 Å². The van der Waals surface area contributed by atoms with Crippen LogP contribution in [-0.4, -0.2) is 58.7 Å². The van der Waals surface area contributed by atoms with Gasteiger partial charge in [-0.05, 0) is 64.8 Å². The molecular formula is C40H44F3N3O2S. The lowest BCUT2D eigenvalue weighted by Crippen LogP contribution is -2.56. The van der Waals surface area contributed by atoms with Crippen LogP contribution in [0.1, 0.15) is 58.9 Å². The lowest BCUT2D eigenvalue weighted by atomic mass is 10.0. The lowest BCUT2D eigenvalue weighted by Gasteiger charge is -2.39. The first kappa shape index (κ1) is 36.1. The molecule has 3 aromatic carbocycles. The summed E-state index contributed by atoms with van der Waals surface area (Å²) in [5, 5.41) is 1.97. The maximum atomic E-state index is 14.4. The molecule has 0 aliphatic carbocycles. The smallest absolute Gasteiger partial charge is 0.338 e. The van der Waals surface area contributed by atoms with E-state index in [1.807, 2.05) is 52.7 Å². The largest absolute Gasteiger partial charge is 0.416 e. The molecule has 2 heterocycles. The molecule has 0 bridgehead atoms. The average molecular weight is 688 g/mol. The van der Waals surface area contributed by atoms with Gasteiger partial charge in [0, 0.05) is 56.6 Å². The minimum atomic E-state index is -4.44. The number of carbonyl (C=O) groups excluding carboxylic acids is 2. The van der Waals surface area contributed by atoms with Crippen LogP contribution in [0.5, 0.6) is 0 Å². The summed E-state index contributed by atoms with van der Waals surface area (Å²) in [4.78, 5) is 35.3. The SMILES string of the molecule is CCCCCc1ccc(CN(C(=O)/C=C/c2ccc(C(F)(F)F)cc2)[C@@H](Cc2cccs2)C(=O)N2CCN(Cc3ccccc3)CC2)cc1. The van der Waals surface area contributed by atoms with Gasteiger partial charge in [0.05, 0.1) is 5.56 Å². The van der Waals surface area contributed by atoms with Crippen LogP contribution in [0.2, 0.25) is 0 Å². The first-order valence-electron chi connectivity index (χ1n) is 17.0. The fourth-order valence-electron chi connectivity index (χ4n) is 6.10. The molecule has 2 amide bonds. The van der Waals surface area contributed by atoms with Crippen LogP contribution in [0.15, 0.2) is 102 Å². The zero-order valence-corrected chi connectivity index (χ0v) is 28.8. The van der Waals surface area contributed by atoms with Crippen molar-refractivity contribution in [3.8, 4) is 0 Å². The molecule has 49 heavy (non-hydrogen) atoms. The number of carbonyl (C=O) groups is 2. The molecule has 9 heteroatoms. The maximum Gasteiger partial charge on any atom is 0.416 e. The van der Waals surface area contributed by atoms with Gasteiger partial charge in [-0.15, -0.1) is 11.3 Å². The van der Waals surface area contributed by atoms with Gasteiger partial charge < -0.3 is 9.80 Å². The standard InChI is InChI=1S/C40H44F3N3O2S/c1-2-3-5-9-31-13-15-34(16-14-31)30-46(38(47)22-19-32-17-20-35(21-18-32)40(41,42)43)37(28-36-12-8-27-49-36)39(48)45-25-23-44(24-26-45)29-33-10-6-4-7-11-33/h4,6-8,10-22,27,37H,2-3,5,9,23-26,28-30H2,1H3/b22-19+/t37-/m0/s1. The third-order valence-corrected chi connectivity index (χ3v) is 9.85. The number of benzene rings is 3. The minimum Gasteiger partial charge on any atom is -0.338 e. The van der Waals surface area contributed by atoms with E-state index in [-0.39, 0.29) is 18.4 Å². The van der Waals surface area contributed by atoms with Gasteiger partial charge >= 0.3 is 6.18 Å². The summed E-state index contributed by atoms with van der Waals surface area (Å²) < 4.78 is 39.4. The van der Waals surface area contributed by atoms with Crippen LogP contribution in [-0.2, 0) is 41.7 Å². The number of hydrogen-bond acceptors (Lipinski definition) is 4. The molecule has 1 aromatic heterocycles. The molecule has 258 valence electrons. The van der Waals surface area contributed by atoms with Gasteiger partial charge in [-0.25, -0.2) is 0 Å². The molecule has 1 aliphatic heterocycles. The number of unbranched alkanes of at least 4 members (excludes halogenated alkanes) is 2. The maximum absolute atomic E-state index is 14.4. The Balaban J connectivity index is 1.38. The second kappa shape index (κ2) is 17.4. The van der Waals surface area contributed by atoms with Crippen molar-refractivity contribution in [2.75, 3.05) is 26.2 Å². The predicted octanol–water partition coefficient (Wildman–Crippen LogP) is 8.50. The Bertz CT molecular complexity index is 1630. The van der Waals surface area contributed by atoms with Crippen molar-refractivity contribution in [3.63, 3.8) is 0 Å². The average Bonchev–Trinajstić information content (AvgIpc) is 3.63. The van der Waals surface area contributed by atoms with E-state index in [0.717, 1.165) is 61.5 Å². The topological polar surface area (TPSA) is 43.9 Å². The van der Waals surface area contributed by atoms with E-state index in [1.165, 1.54) is 41.8 Å². The number of piperazine rings is 1. The normalized spacial score (nSPS) is 14.7. The Morgan fingerprint density at radius 3 is 2.16 bits per heavy atom. The molecule has 0 spiro atoms. The minimum absolute atomic E-state index is 0.0970. The Morgan fingerprint density at radius 1 is 0.837 bits per heavy atom. The third-order valence-electron chi connectivity index (χ3n) is 8.95. The van der Waals surface area contributed by atoms with Crippen molar-refractivity contribution < 1.29 is 22.8 Å². The Labute approximate surface area is 291 Å². The Kier molecular flexibility index (Phi) is 12.8. The number of rotatable bonds is 14. The van der Waals surface area contributed by atoms with Crippen LogP contribution >= 0.6 is 11.3 Å². The molecule has 4 aromatic rings. The molecule has 0 unspecified atom stereocenters. The third kappa shape index (κ3) is 10.6. The summed E-state index contributed by atoms with van der Waals surface area (Å²) in [6.07, 6.45) is 3.24. The Hall–Kier alpha value is -4.21. The highest BCUT2D eigenvalue weighted by molar-refractivity contribution is 7.09. The summed E-state index contributed by atoms with van der Waals surface area (Å²) in [7, 11) is 0. The molecule has 5 nitrogen and oxygen atoms in total. The van der Waals surface area contributed by atoms with Gasteiger partial charge in [-0.2, -0.15) is 13.2 Å². The monoisotopic (exact) mass is 687 g/mol. The lowest BCUT2D eigenvalue weighted by molar-refractivity contribution is -0.145. The van der Waals surface area contributed by atoms with E-state index in [2.05, 4.69) is 36.1 Å². The number of nitrogens with zero attached hydrogens (tertiary/aromatic N) is 3. The summed E-state index contributed by atoms with van der Waals surface area (Å²) >= 11 is 1.55. The van der Waals surface area contributed by atoms with Crippen molar-refractivity contribution in [1.82, 2.24) is 14.7 Å². The van der Waals surface area contributed by atoms with Crippen LogP contribution in [0.25, 0.3) is 6.08 Å². The van der Waals surface area contributed by atoms with E-state index in [4.69, 9.17) is 0 Å². The number of aryl methyl sites for hydroxylation is 1. The second-order valence-corrected chi connectivity index (χ2v) is 13.6. The first-order valence-corrected chi connectivity index (χ1v) is 17.9. The van der Waals surface area contributed by atoms with Crippen LogP contribution in [0, 0.1) is 0 Å². The van der Waals surface area contributed by atoms with E-state index < -0.39 is 17.8 Å². The Morgan fingerprint density at radius 2 is 1.53 bits per heavy atom. The molecular weight excluding hydrogens is 644 g/mol. The summed E-state index contributed by atoms with van der Waals surface area (Å²) in [5.41, 5.74) is 3.09. The fraction of sp³-hybridized carbons (Fsp3) is 0.350. The highest BCUT2D eigenvalue weighted by atomic mass is 32.1. The predicted molar refractivity (Wildman–Crippen MR) is 191 cm³/mol. The molecule has 0 N–H and O–H groups in total. The number of alkyl halides is 3. The molecule has 0 saturated carbocycles.